The van der Waals surface area contributed by atoms with Crippen molar-refractivity contribution in [2.45, 2.75) is 25.5 Å². The van der Waals surface area contributed by atoms with Crippen LogP contribution in [-0.4, -0.2) is 34.9 Å². The summed E-state index contributed by atoms with van der Waals surface area (Å²) >= 11 is 1.93. The highest BCUT2D eigenvalue weighted by atomic mass is 32.2. The molecule has 1 saturated heterocycles. The minimum atomic E-state index is 0.227. The maximum atomic E-state index is 6.06. The van der Waals surface area contributed by atoms with Crippen LogP contribution in [-0.2, 0) is 6.54 Å². The minimum absolute atomic E-state index is 0.227. The smallest absolute Gasteiger partial charge is 0.240 e. The predicted molar refractivity (Wildman–Crippen MR) is 85.2 cm³/mol. The average molecular weight is 321 g/mol. The molecule has 0 saturated carbocycles. The van der Waals surface area contributed by atoms with Gasteiger partial charge in [0.05, 0.1) is 13.7 Å². The highest BCUT2D eigenvalue weighted by Gasteiger charge is 2.18. The number of methoxy groups -OCH3 is 1. The van der Waals surface area contributed by atoms with Crippen molar-refractivity contribution in [3.05, 3.63) is 24.1 Å². The van der Waals surface area contributed by atoms with E-state index in [1.165, 1.54) is 12.2 Å². The fourth-order valence-electron chi connectivity index (χ4n) is 2.34. The van der Waals surface area contributed by atoms with Crippen molar-refractivity contribution in [3.8, 4) is 22.9 Å². The van der Waals surface area contributed by atoms with Gasteiger partial charge in [0.1, 0.15) is 6.10 Å². The molecular weight excluding hydrogens is 302 g/mol. The van der Waals surface area contributed by atoms with Gasteiger partial charge in [0.25, 0.3) is 0 Å². The molecule has 0 radical (unpaired) electrons. The van der Waals surface area contributed by atoms with Crippen LogP contribution in [0.2, 0.25) is 0 Å². The molecule has 1 fully saturated rings. The van der Waals surface area contributed by atoms with Gasteiger partial charge >= 0.3 is 0 Å². The van der Waals surface area contributed by atoms with Crippen molar-refractivity contribution in [1.82, 2.24) is 10.1 Å². The summed E-state index contributed by atoms with van der Waals surface area (Å²) in [5, 5.41) is 3.91. The molecule has 6 nitrogen and oxygen atoms in total. The molecule has 118 valence electrons. The number of nitrogens with zero attached hydrogens (tertiary/aromatic N) is 2. The fourth-order valence-corrected chi connectivity index (χ4v) is 3.38. The van der Waals surface area contributed by atoms with Gasteiger partial charge in [-0.15, -0.1) is 0 Å². The molecule has 1 aromatic heterocycles. The standard InChI is InChI=1S/C15H19N3O3S/c1-19-13-7-10(15-17-14(8-16)21-18-15)4-5-12(13)20-11-3-2-6-22-9-11/h4-5,7,11H,2-3,6,8-9,16H2,1H3. The number of ether oxygens (including phenoxy) is 2. The van der Waals surface area contributed by atoms with E-state index in [9.17, 15) is 0 Å². The minimum Gasteiger partial charge on any atom is -0.493 e. The van der Waals surface area contributed by atoms with E-state index in [-0.39, 0.29) is 12.6 Å². The van der Waals surface area contributed by atoms with E-state index in [2.05, 4.69) is 10.1 Å². The van der Waals surface area contributed by atoms with E-state index in [1.54, 1.807) is 7.11 Å². The number of nitrogens with two attached hydrogens (primary N) is 1. The van der Waals surface area contributed by atoms with Crippen LogP contribution in [0.25, 0.3) is 11.4 Å². The lowest BCUT2D eigenvalue weighted by atomic mass is 10.2. The molecule has 3 rings (SSSR count). The van der Waals surface area contributed by atoms with Crippen molar-refractivity contribution < 1.29 is 14.0 Å². The van der Waals surface area contributed by atoms with Crippen molar-refractivity contribution in [2.75, 3.05) is 18.6 Å². The third-order valence-corrected chi connectivity index (χ3v) is 4.66. The van der Waals surface area contributed by atoms with E-state index in [4.69, 9.17) is 19.7 Å². The second kappa shape index (κ2) is 7.02. The van der Waals surface area contributed by atoms with Crippen molar-refractivity contribution in [2.24, 2.45) is 5.73 Å². The quantitative estimate of drug-likeness (QED) is 0.905. The monoisotopic (exact) mass is 321 g/mol. The van der Waals surface area contributed by atoms with Gasteiger partial charge in [-0.3, -0.25) is 0 Å². The summed E-state index contributed by atoms with van der Waals surface area (Å²) < 4.78 is 16.5. The Hall–Kier alpha value is -1.73. The Balaban J connectivity index is 1.80. The third kappa shape index (κ3) is 3.36. The van der Waals surface area contributed by atoms with Gasteiger partial charge in [-0.1, -0.05) is 5.16 Å². The van der Waals surface area contributed by atoms with E-state index >= 15 is 0 Å². The largest absolute Gasteiger partial charge is 0.493 e. The maximum absolute atomic E-state index is 6.06. The average Bonchev–Trinajstić information content (AvgIpc) is 3.05. The van der Waals surface area contributed by atoms with E-state index in [0.717, 1.165) is 23.5 Å². The molecular formula is C15H19N3O3S. The van der Waals surface area contributed by atoms with Crippen LogP contribution in [0.15, 0.2) is 22.7 Å². The number of hydrogen-bond acceptors (Lipinski definition) is 7. The summed E-state index contributed by atoms with van der Waals surface area (Å²) in [6, 6.07) is 5.65. The molecule has 1 aliphatic rings. The Bertz CT molecular complexity index is 626. The SMILES string of the molecule is COc1cc(-c2noc(CN)n2)ccc1OC1CCCSC1. The Morgan fingerprint density at radius 2 is 2.32 bits per heavy atom. The summed E-state index contributed by atoms with van der Waals surface area (Å²) in [7, 11) is 1.63. The molecule has 0 bridgehead atoms. The molecule has 1 aromatic carbocycles. The molecule has 2 N–H and O–H groups in total. The van der Waals surface area contributed by atoms with Crippen LogP contribution in [0.4, 0.5) is 0 Å². The molecule has 2 aromatic rings. The first-order valence-electron chi connectivity index (χ1n) is 7.25. The fraction of sp³-hybridized carbons (Fsp3) is 0.467. The van der Waals surface area contributed by atoms with Gasteiger partial charge in [0, 0.05) is 11.3 Å². The van der Waals surface area contributed by atoms with Crippen LogP contribution in [0.1, 0.15) is 18.7 Å². The summed E-state index contributed by atoms with van der Waals surface area (Å²) in [5.41, 5.74) is 6.29. The zero-order valence-corrected chi connectivity index (χ0v) is 13.3. The van der Waals surface area contributed by atoms with Gasteiger partial charge in [-0.2, -0.15) is 16.7 Å². The first-order chi connectivity index (χ1) is 10.8. The Labute approximate surface area is 133 Å². The lowest BCUT2D eigenvalue weighted by Crippen LogP contribution is -2.23. The molecule has 22 heavy (non-hydrogen) atoms. The Morgan fingerprint density at radius 3 is 3.00 bits per heavy atom. The molecule has 1 aliphatic heterocycles. The van der Waals surface area contributed by atoms with Gasteiger partial charge in [0.2, 0.25) is 11.7 Å². The van der Waals surface area contributed by atoms with Gasteiger partial charge in [-0.05, 0) is 36.8 Å². The lowest BCUT2D eigenvalue weighted by Gasteiger charge is -2.23. The molecule has 0 amide bonds. The molecule has 2 heterocycles. The number of hydrogen-bond donors (Lipinski definition) is 1. The van der Waals surface area contributed by atoms with E-state index in [0.29, 0.717) is 17.5 Å². The van der Waals surface area contributed by atoms with Gasteiger partial charge in [0.15, 0.2) is 11.5 Å². The summed E-state index contributed by atoms with van der Waals surface area (Å²) in [4.78, 5) is 4.22. The number of benzene rings is 1. The molecule has 0 aliphatic carbocycles. The summed E-state index contributed by atoms with van der Waals surface area (Å²) in [5.74, 6) is 4.58. The zero-order chi connectivity index (χ0) is 15.4. The van der Waals surface area contributed by atoms with Crippen molar-refractivity contribution in [3.63, 3.8) is 0 Å². The lowest BCUT2D eigenvalue weighted by molar-refractivity contribution is 0.202. The third-order valence-electron chi connectivity index (χ3n) is 3.48. The van der Waals surface area contributed by atoms with Crippen LogP contribution in [0, 0.1) is 0 Å². The number of rotatable bonds is 5. The van der Waals surface area contributed by atoms with E-state index in [1.807, 2.05) is 30.0 Å². The topological polar surface area (TPSA) is 83.4 Å². The first kappa shape index (κ1) is 15.2. The molecule has 1 unspecified atom stereocenters. The van der Waals surface area contributed by atoms with Crippen LogP contribution < -0.4 is 15.2 Å². The highest BCUT2D eigenvalue weighted by molar-refractivity contribution is 7.99. The van der Waals surface area contributed by atoms with Crippen molar-refractivity contribution >= 4 is 11.8 Å². The second-order valence-corrected chi connectivity index (χ2v) is 6.19. The first-order valence-corrected chi connectivity index (χ1v) is 8.41. The van der Waals surface area contributed by atoms with Crippen LogP contribution in [0.5, 0.6) is 11.5 Å². The van der Waals surface area contributed by atoms with Gasteiger partial charge in [-0.25, -0.2) is 0 Å². The highest BCUT2D eigenvalue weighted by Crippen LogP contribution is 2.33. The van der Waals surface area contributed by atoms with Crippen LogP contribution in [0.3, 0.4) is 0 Å². The number of aromatic nitrogens is 2. The summed E-state index contributed by atoms with van der Waals surface area (Å²) in [6.45, 7) is 0.227. The molecule has 1 atom stereocenters. The number of thioether (sulfide) groups is 1. The van der Waals surface area contributed by atoms with E-state index < -0.39 is 0 Å². The van der Waals surface area contributed by atoms with Crippen LogP contribution >= 0.6 is 11.8 Å². The Kier molecular flexibility index (Phi) is 4.84. The maximum Gasteiger partial charge on any atom is 0.240 e. The molecule has 7 heteroatoms. The zero-order valence-electron chi connectivity index (χ0n) is 12.4. The van der Waals surface area contributed by atoms with Crippen molar-refractivity contribution in [1.29, 1.82) is 0 Å². The van der Waals surface area contributed by atoms with Gasteiger partial charge < -0.3 is 19.7 Å². The normalized spacial score (nSPS) is 18.2. The Morgan fingerprint density at radius 1 is 1.41 bits per heavy atom. The predicted octanol–water partition coefficient (Wildman–Crippen LogP) is 2.48. The molecule has 0 spiro atoms. The summed E-state index contributed by atoms with van der Waals surface area (Å²) in [6.07, 6.45) is 2.52. The second-order valence-electron chi connectivity index (χ2n) is 5.04.